The predicted octanol–water partition coefficient (Wildman–Crippen LogP) is -0.0592. The fourth-order valence-electron chi connectivity index (χ4n) is 1.33. The lowest BCUT2D eigenvalue weighted by Gasteiger charge is -2.12. The molecule has 1 heterocycles. The minimum atomic E-state index is -0.300. The van der Waals surface area contributed by atoms with E-state index in [1.54, 1.807) is 13.2 Å². The van der Waals surface area contributed by atoms with Gasteiger partial charge in [-0.3, -0.25) is 9.78 Å². The van der Waals surface area contributed by atoms with E-state index in [0.29, 0.717) is 12.2 Å². The number of methoxy groups -OCH3 is 1. The molecule has 4 N–H and O–H groups in total. The van der Waals surface area contributed by atoms with Gasteiger partial charge in [0.2, 0.25) is 0 Å². The molecule has 0 saturated carbocycles. The maximum absolute atomic E-state index is 11.7. The van der Waals surface area contributed by atoms with Gasteiger partial charge < -0.3 is 21.0 Å². The lowest BCUT2D eigenvalue weighted by Crippen LogP contribution is -2.36. The average molecular weight is 252 g/mol. The maximum atomic E-state index is 11.7. The third-order valence-corrected chi connectivity index (χ3v) is 2.19. The fourth-order valence-corrected chi connectivity index (χ4v) is 1.33. The molecule has 0 radical (unpaired) electrons. The molecule has 1 aromatic rings. The van der Waals surface area contributed by atoms with E-state index in [1.165, 1.54) is 12.3 Å². The van der Waals surface area contributed by atoms with Crippen LogP contribution < -0.4 is 11.1 Å². The Morgan fingerprint density at radius 3 is 2.89 bits per heavy atom. The van der Waals surface area contributed by atoms with Crippen molar-refractivity contribution in [3.05, 3.63) is 29.6 Å². The number of carbonyl (C=O) groups is 1. The van der Waals surface area contributed by atoms with Gasteiger partial charge in [-0.05, 0) is 19.1 Å². The van der Waals surface area contributed by atoms with E-state index in [9.17, 15) is 4.79 Å². The number of amides is 1. The van der Waals surface area contributed by atoms with Crippen LogP contribution in [0.4, 0.5) is 0 Å². The zero-order chi connectivity index (χ0) is 13.5. The zero-order valence-corrected chi connectivity index (χ0v) is 10.3. The number of rotatable bonds is 5. The molecule has 1 unspecified atom stereocenters. The molecule has 0 saturated heterocycles. The van der Waals surface area contributed by atoms with Gasteiger partial charge >= 0.3 is 0 Å². The van der Waals surface area contributed by atoms with Crippen molar-refractivity contribution in [2.24, 2.45) is 10.9 Å². The molecular weight excluding hydrogens is 236 g/mol. The van der Waals surface area contributed by atoms with Gasteiger partial charge in [0.25, 0.3) is 5.91 Å². The first-order valence-corrected chi connectivity index (χ1v) is 5.32. The van der Waals surface area contributed by atoms with Crippen LogP contribution in [0.1, 0.15) is 23.0 Å². The Kier molecular flexibility index (Phi) is 5.06. The predicted molar refractivity (Wildman–Crippen MR) is 65.6 cm³/mol. The maximum Gasteiger partial charge on any atom is 0.270 e. The number of nitrogens with two attached hydrogens (primary N) is 1. The van der Waals surface area contributed by atoms with E-state index in [0.717, 1.165) is 0 Å². The topological polar surface area (TPSA) is 110 Å². The summed E-state index contributed by atoms with van der Waals surface area (Å²) in [5.74, 6) is -0.354. The van der Waals surface area contributed by atoms with Crippen LogP contribution in [0.3, 0.4) is 0 Å². The summed E-state index contributed by atoms with van der Waals surface area (Å²) in [6.07, 6.45) is 1.37. The van der Waals surface area contributed by atoms with Crippen LogP contribution in [0.5, 0.6) is 0 Å². The number of nitrogens with one attached hydrogen (secondary N) is 1. The second-order valence-corrected chi connectivity index (χ2v) is 3.75. The quantitative estimate of drug-likeness (QED) is 0.294. The summed E-state index contributed by atoms with van der Waals surface area (Å²) in [6.45, 7) is 2.25. The lowest BCUT2D eigenvalue weighted by atomic mass is 10.2. The zero-order valence-electron chi connectivity index (χ0n) is 10.3. The standard InChI is InChI=1S/C11H16N4O3/c1-7(6-18-2)14-11(16)9-4-3-8(5-13-9)10(12)15-17/h3-5,7,17H,6H2,1-2H3,(H2,12,15)(H,14,16). The minimum absolute atomic E-state index is 0.0535. The van der Waals surface area contributed by atoms with Crippen molar-refractivity contribution in [1.29, 1.82) is 0 Å². The average Bonchev–Trinajstić information content (AvgIpc) is 2.38. The molecule has 0 aliphatic heterocycles. The van der Waals surface area contributed by atoms with E-state index in [-0.39, 0.29) is 23.5 Å². The van der Waals surface area contributed by atoms with Crippen LogP contribution in [0.2, 0.25) is 0 Å². The molecule has 18 heavy (non-hydrogen) atoms. The number of oxime groups is 1. The van der Waals surface area contributed by atoms with Crippen molar-refractivity contribution in [2.75, 3.05) is 13.7 Å². The molecule has 0 fully saturated rings. The van der Waals surface area contributed by atoms with Gasteiger partial charge in [-0.2, -0.15) is 0 Å². The first-order chi connectivity index (χ1) is 8.58. The summed E-state index contributed by atoms with van der Waals surface area (Å²) in [7, 11) is 1.56. The van der Waals surface area contributed by atoms with Crippen molar-refractivity contribution < 1.29 is 14.7 Å². The number of aromatic nitrogens is 1. The summed E-state index contributed by atoms with van der Waals surface area (Å²) in [4.78, 5) is 15.7. The number of amidine groups is 1. The molecule has 0 spiro atoms. The van der Waals surface area contributed by atoms with Crippen molar-refractivity contribution >= 4 is 11.7 Å². The molecule has 1 rings (SSSR count). The second kappa shape index (κ2) is 6.55. The molecule has 7 nitrogen and oxygen atoms in total. The molecule has 0 aliphatic rings. The number of nitrogens with zero attached hydrogens (tertiary/aromatic N) is 2. The summed E-state index contributed by atoms with van der Waals surface area (Å²) in [5.41, 5.74) is 6.08. The summed E-state index contributed by atoms with van der Waals surface area (Å²) in [5, 5.41) is 14.1. The normalized spacial score (nSPS) is 13.1. The molecule has 0 aromatic carbocycles. The number of pyridine rings is 1. The monoisotopic (exact) mass is 252 g/mol. The number of hydrogen-bond donors (Lipinski definition) is 3. The molecular formula is C11H16N4O3. The Bertz CT molecular complexity index is 430. The van der Waals surface area contributed by atoms with E-state index < -0.39 is 0 Å². The van der Waals surface area contributed by atoms with Crippen LogP contribution in [0.15, 0.2) is 23.5 Å². The summed E-state index contributed by atoms with van der Waals surface area (Å²) >= 11 is 0. The number of hydrogen-bond acceptors (Lipinski definition) is 5. The molecule has 98 valence electrons. The highest BCUT2D eigenvalue weighted by molar-refractivity contribution is 5.98. The van der Waals surface area contributed by atoms with Gasteiger partial charge in [0.05, 0.1) is 6.61 Å². The Balaban J connectivity index is 2.70. The van der Waals surface area contributed by atoms with Gasteiger partial charge in [-0.1, -0.05) is 5.16 Å². The largest absolute Gasteiger partial charge is 0.409 e. The van der Waals surface area contributed by atoms with Crippen molar-refractivity contribution in [3.8, 4) is 0 Å². The molecule has 1 aromatic heterocycles. The van der Waals surface area contributed by atoms with Crippen molar-refractivity contribution in [1.82, 2.24) is 10.3 Å². The summed E-state index contributed by atoms with van der Waals surface area (Å²) in [6, 6.07) is 2.95. The molecule has 1 amide bonds. The van der Waals surface area contributed by atoms with Gasteiger partial charge in [-0.15, -0.1) is 0 Å². The second-order valence-electron chi connectivity index (χ2n) is 3.75. The molecule has 1 atom stereocenters. The van der Waals surface area contributed by atoms with Gasteiger partial charge in [0, 0.05) is 24.9 Å². The fraction of sp³-hybridized carbons (Fsp3) is 0.364. The van der Waals surface area contributed by atoms with Crippen molar-refractivity contribution in [2.45, 2.75) is 13.0 Å². The highest BCUT2D eigenvalue weighted by atomic mass is 16.5. The number of ether oxygens (including phenoxy) is 1. The first-order valence-electron chi connectivity index (χ1n) is 5.32. The minimum Gasteiger partial charge on any atom is -0.409 e. The van der Waals surface area contributed by atoms with E-state index in [4.69, 9.17) is 15.7 Å². The molecule has 0 bridgehead atoms. The van der Waals surface area contributed by atoms with Crippen LogP contribution in [-0.2, 0) is 4.74 Å². The lowest BCUT2D eigenvalue weighted by molar-refractivity contribution is 0.0900. The Hall–Kier alpha value is -2.15. The van der Waals surface area contributed by atoms with E-state index in [2.05, 4.69) is 15.5 Å². The third-order valence-electron chi connectivity index (χ3n) is 2.19. The van der Waals surface area contributed by atoms with E-state index >= 15 is 0 Å². The van der Waals surface area contributed by atoms with Gasteiger partial charge in [0.15, 0.2) is 5.84 Å². The first kappa shape index (κ1) is 13.9. The van der Waals surface area contributed by atoms with Crippen LogP contribution >= 0.6 is 0 Å². The van der Waals surface area contributed by atoms with Gasteiger partial charge in [0.1, 0.15) is 5.69 Å². The Morgan fingerprint density at radius 1 is 1.67 bits per heavy atom. The SMILES string of the molecule is COCC(C)NC(=O)c1ccc(C(N)=NO)cn1. The van der Waals surface area contributed by atoms with E-state index in [1.807, 2.05) is 6.92 Å². The van der Waals surface area contributed by atoms with Crippen molar-refractivity contribution in [3.63, 3.8) is 0 Å². The molecule has 7 heteroatoms. The Morgan fingerprint density at radius 2 is 2.39 bits per heavy atom. The van der Waals surface area contributed by atoms with Crippen LogP contribution in [-0.4, -0.2) is 41.7 Å². The van der Waals surface area contributed by atoms with Gasteiger partial charge in [-0.25, -0.2) is 0 Å². The number of carbonyl (C=O) groups excluding carboxylic acids is 1. The van der Waals surface area contributed by atoms with Crippen LogP contribution in [0.25, 0.3) is 0 Å². The van der Waals surface area contributed by atoms with Crippen LogP contribution in [0, 0.1) is 0 Å². The highest BCUT2D eigenvalue weighted by Gasteiger charge is 2.11. The molecule has 0 aliphatic carbocycles. The Labute approximate surface area is 105 Å². The highest BCUT2D eigenvalue weighted by Crippen LogP contribution is 2.00. The smallest absolute Gasteiger partial charge is 0.270 e. The third kappa shape index (κ3) is 3.70. The summed E-state index contributed by atoms with van der Waals surface area (Å²) < 4.78 is 4.91.